The van der Waals surface area contributed by atoms with Gasteiger partial charge in [0.05, 0.1) is 23.3 Å². The summed E-state index contributed by atoms with van der Waals surface area (Å²) in [5, 5.41) is 5.53. The number of fused-ring (bicyclic) bond motifs is 1. The number of anilines is 2. The normalized spacial score (nSPS) is 17.9. The van der Waals surface area contributed by atoms with E-state index in [-0.39, 0.29) is 53.1 Å². The molecule has 2 saturated heterocycles. The van der Waals surface area contributed by atoms with Crippen LogP contribution in [0.5, 0.6) is 0 Å². The van der Waals surface area contributed by atoms with Gasteiger partial charge in [0, 0.05) is 61.9 Å². The monoisotopic (exact) mass is 653 g/mol. The number of piperazine rings is 1. The molecule has 2 fully saturated rings. The molecule has 0 aliphatic carbocycles. The van der Waals surface area contributed by atoms with Crippen molar-refractivity contribution in [3.8, 4) is 0 Å². The highest BCUT2D eigenvalue weighted by molar-refractivity contribution is 8.07. The summed E-state index contributed by atoms with van der Waals surface area (Å²) >= 11 is 0.931. The van der Waals surface area contributed by atoms with Crippen molar-refractivity contribution in [3.63, 3.8) is 0 Å². The van der Waals surface area contributed by atoms with E-state index in [0.29, 0.717) is 32.2 Å². The molecule has 4 amide bonds. The van der Waals surface area contributed by atoms with Gasteiger partial charge in [-0.15, -0.1) is 0 Å². The van der Waals surface area contributed by atoms with Crippen LogP contribution < -0.4 is 20.9 Å². The lowest BCUT2D eigenvalue weighted by Gasteiger charge is -2.35. The van der Waals surface area contributed by atoms with Gasteiger partial charge in [-0.25, -0.2) is 23.5 Å². The van der Waals surface area contributed by atoms with Gasteiger partial charge in [0.1, 0.15) is 11.6 Å². The highest BCUT2D eigenvalue weighted by atomic mass is 32.2. The number of carbonyl (C=O) groups excluding carboxylic acids is 3. The van der Waals surface area contributed by atoms with Crippen LogP contribution in [0.2, 0.25) is 0 Å². The van der Waals surface area contributed by atoms with Crippen LogP contribution in [0.4, 0.5) is 38.4 Å². The van der Waals surface area contributed by atoms with Crippen molar-refractivity contribution in [2.75, 3.05) is 48.7 Å². The molecule has 1 aromatic carbocycles. The van der Waals surface area contributed by atoms with E-state index in [9.17, 15) is 36.3 Å². The third kappa shape index (κ3) is 6.53. The van der Waals surface area contributed by atoms with Crippen LogP contribution >= 0.6 is 11.8 Å². The molecule has 2 aliphatic rings. The average Bonchev–Trinajstić information content (AvgIpc) is 3.79. The minimum atomic E-state index is -5.07. The van der Waals surface area contributed by atoms with Crippen LogP contribution in [0, 0.1) is 18.6 Å². The van der Waals surface area contributed by atoms with Gasteiger partial charge in [-0.2, -0.15) is 24.9 Å². The first kappa shape index (κ1) is 32.0. The lowest BCUT2D eigenvalue weighted by Crippen LogP contribution is -2.60. The summed E-state index contributed by atoms with van der Waals surface area (Å²) < 4.78 is 78.2. The number of hydrogen-bond donors (Lipinski definition) is 3. The lowest BCUT2D eigenvalue weighted by atomic mass is 9.89. The molecule has 2 atom stereocenters. The van der Waals surface area contributed by atoms with E-state index in [1.165, 1.54) is 19.3 Å². The zero-order chi connectivity index (χ0) is 32.5. The Morgan fingerprint density at radius 1 is 1.13 bits per heavy atom. The van der Waals surface area contributed by atoms with Crippen LogP contribution in [0.25, 0.3) is 11.0 Å². The Hall–Kier alpha value is -4.41. The van der Waals surface area contributed by atoms with E-state index in [1.54, 1.807) is 9.80 Å². The Morgan fingerprint density at radius 2 is 1.80 bits per heavy atom. The molecular weight excluding hydrogens is 625 g/mol. The van der Waals surface area contributed by atoms with E-state index in [2.05, 4.69) is 27.2 Å². The number of nitrogens with one attached hydrogen (secondary N) is 3. The van der Waals surface area contributed by atoms with Crippen molar-refractivity contribution in [1.82, 2.24) is 25.5 Å². The number of carbonyl (C=O) groups is 3. The van der Waals surface area contributed by atoms with E-state index in [4.69, 9.17) is 4.42 Å². The first-order chi connectivity index (χ1) is 21.3. The SMILES string of the molecule is C=CC(=O)NCCC(=O)N1CCN(c2ncc(NC(=O)N[C@](c3oc4c(F)cc(F)cc4c3C)(C3CS3)C(F)(F)F)cn2)CC1. The van der Waals surface area contributed by atoms with Crippen molar-refractivity contribution in [2.45, 2.75) is 30.3 Å². The van der Waals surface area contributed by atoms with Crippen LogP contribution in [0.15, 0.2) is 41.6 Å². The second kappa shape index (κ2) is 12.5. The van der Waals surface area contributed by atoms with Crippen molar-refractivity contribution >= 4 is 52.2 Å². The lowest BCUT2D eigenvalue weighted by molar-refractivity contribution is -0.199. The average molecular weight is 654 g/mol. The second-order valence-electron chi connectivity index (χ2n) is 10.4. The molecule has 4 heterocycles. The van der Waals surface area contributed by atoms with Crippen molar-refractivity contribution in [1.29, 1.82) is 0 Å². The van der Waals surface area contributed by atoms with Gasteiger partial charge in [0.25, 0.3) is 0 Å². The fraction of sp³-hybridized carbons (Fsp3) is 0.393. The highest BCUT2D eigenvalue weighted by Gasteiger charge is 2.68. The molecule has 0 saturated carbocycles. The predicted octanol–water partition coefficient (Wildman–Crippen LogP) is 3.85. The first-order valence-electron chi connectivity index (χ1n) is 13.7. The van der Waals surface area contributed by atoms with Crippen LogP contribution in [0.3, 0.4) is 0 Å². The molecule has 45 heavy (non-hydrogen) atoms. The van der Waals surface area contributed by atoms with Gasteiger partial charge in [-0.3, -0.25) is 9.59 Å². The number of aryl methyl sites for hydroxylation is 1. The number of rotatable bonds is 9. The van der Waals surface area contributed by atoms with Gasteiger partial charge < -0.3 is 30.2 Å². The Balaban J connectivity index is 1.25. The van der Waals surface area contributed by atoms with Crippen LogP contribution in [0.1, 0.15) is 17.7 Å². The number of furan rings is 1. The Kier molecular flexibility index (Phi) is 8.91. The number of halogens is 5. The predicted molar refractivity (Wildman–Crippen MR) is 156 cm³/mol. The fourth-order valence-corrected chi connectivity index (χ4v) is 6.05. The van der Waals surface area contributed by atoms with Gasteiger partial charge in [-0.05, 0) is 19.1 Å². The van der Waals surface area contributed by atoms with Gasteiger partial charge in [0.2, 0.25) is 23.3 Å². The highest BCUT2D eigenvalue weighted by Crippen LogP contribution is 2.55. The minimum Gasteiger partial charge on any atom is -0.455 e. The number of amides is 4. The molecule has 240 valence electrons. The number of benzene rings is 1. The molecule has 0 spiro atoms. The Bertz CT molecular complexity index is 1620. The Labute approximate surface area is 257 Å². The quantitative estimate of drug-likeness (QED) is 0.180. The molecule has 11 nitrogen and oxygen atoms in total. The molecule has 0 bridgehead atoms. The maximum absolute atomic E-state index is 14.8. The third-order valence-corrected chi connectivity index (χ3v) is 8.54. The first-order valence-corrected chi connectivity index (χ1v) is 14.8. The number of thioether (sulfide) groups is 1. The third-order valence-electron chi connectivity index (χ3n) is 7.52. The fourth-order valence-electron chi connectivity index (χ4n) is 5.15. The standard InChI is InChI=1S/C28H28F5N7O4S/c1-3-21(41)34-5-4-22(42)39-6-8-40(9-7-39)25-35-12-17(13-36-25)37-26(43)38-27(20-14-45-20,28(31,32)33)24-15(2)18-10-16(29)11-19(30)23(18)44-24/h3,10-13,20H,1,4-9,14H2,2H3,(H,34,41)(H2,37,38,43)/t20?,27-/m0/s1. The van der Waals surface area contributed by atoms with E-state index in [1.807, 2.05) is 5.32 Å². The summed E-state index contributed by atoms with van der Waals surface area (Å²) in [7, 11) is 0. The summed E-state index contributed by atoms with van der Waals surface area (Å²) in [4.78, 5) is 48.5. The topological polar surface area (TPSA) is 133 Å². The maximum Gasteiger partial charge on any atom is 0.420 e. The van der Waals surface area contributed by atoms with Gasteiger partial charge in [-0.1, -0.05) is 6.58 Å². The molecule has 17 heteroatoms. The van der Waals surface area contributed by atoms with Gasteiger partial charge in [0.15, 0.2) is 11.4 Å². The van der Waals surface area contributed by atoms with E-state index < -0.39 is 46.0 Å². The van der Waals surface area contributed by atoms with E-state index >= 15 is 0 Å². The minimum absolute atomic E-state index is 0.000558. The molecular formula is C28H28F5N7O4S. The summed E-state index contributed by atoms with van der Waals surface area (Å²) in [6.07, 6.45) is -1.36. The molecule has 2 aliphatic heterocycles. The summed E-state index contributed by atoms with van der Waals surface area (Å²) in [5.74, 6) is -3.04. The summed E-state index contributed by atoms with van der Waals surface area (Å²) in [5.41, 5.74) is -3.73. The van der Waals surface area contributed by atoms with Crippen molar-refractivity contribution < 1.29 is 40.8 Å². The number of nitrogens with zero attached hydrogens (tertiary/aromatic N) is 4. The molecule has 3 aromatic rings. The second-order valence-corrected chi connectivity index (χ2v) is 11.6. The Morgan fingerprint density at radius 3 is 2.40 bits per heavy atom. The number of aromatic nitrogens is 2. The zero-order valence-electron chi connectivity index (χ0n) is 23.8. The molecule has 5 rings (SSSR count). The van der Waals surface area contributed by atoms with Crippen LogP contribution in [-0.2, 0) is 15.1 Å². The summed E-state index contributed by atoms with van der Waals surface area (Å²) in [6, 6.07) is 0.151. The molecule has 2 aromatic heterocycles. The molecule has 1 unspecified atom stereocenters. The van der Waals surface area contributed by atoms with Gasteiger partial charge >= 0.3 is 12.2 Å². The van der Waals surface area contributed by atoms with Crippen molar-refractivity contribution in [2.24, 2.45) is 0 Å². The molecule has 3 N–H and O–H groups in total. The maximum atomic E-state index is 14.8. The largest absolute Gasteiger partial charge is 0.455 e. The smallest absolute Gasteiger partial charge is 0.420 e. The zero-order valence-corrected chi connectivity index (χ0v) is 24.7. The van der Waals surface area contributed by atoms with Crippen molar-refractivity contribution in [3.05, 3.63) is 60.1 Å². The number of hydrogen-bond acceptors (Lipinski definition) is 8. The molecule has 0 radical (unpaired) electrons. The van der Waals surface area contributed by atoms with Crippen LogP contribution in [-0.4, -0.2) is 82.6 Å². The van der Waals surface area contributed by atoms with E-state index in [0.717, 1.165) is 23.9 Å². The number of alkyl halides is 3. The summed E-state index contributed by atoms with van der Waals surface area (Å²) in [6.45, 7) is 6.38. The number of urea groups is 1.